The molecule has 0 radical (unpaired) electrons. The normalized spacial score (nSPS) is 9.73. The minimum absolute atomic E-state index is 0.0135. The summed E-state index contributed by atoms with van der Waals surface area (Å²) < 4.78 is 0. The summed E-state index contributed by atoms with van der Waals surface area (Å²) in [5.74, 6) is -0.751. The molecule has 0 aliphatic heterocycles. The number of anilines is 1. The highest BCUT2D eigenvalue weighted by Gasteiger charge is 2.15. The molecule has 0 aromatic carbocycles. The van der Waals surface area contributed by atoms with Gasteiger partial charge >= 0.3 is 0 Å². The minimum atomic E-state index is -0.562. The van der Waals surface area contributed by atoms with Crippen molar-refractivity contribution in [1.82, 2.24) is 15.3 Å². The molecule has 1 heterocycles. The lowest BCUT2D eigenvalue weighted by Crippen LogP contribution is -2.29. The molecule has 1 rings (SSSR count). The van der Waals surface area contributed by atoms with Crippen molar-refractivity contribution in [3.63, 3.8) is 0 Å². The molecule has 0 saturated carbocycles. The molecule has 0 unspecified atom stereocenters. The summed E-state index contributed by atoms with van der Waals surface area (Å²) in [5.41, 5.74) is 5.43. The number of nitrogen functional groups attached to an aromatic ring is 1. The number of carbonyl (C=O) groups is 2. The SMILES string of the molecule is CC(=O)CNC(=O)c1c(N)ncnc1Cl. The molecule has 0 aliphatic carbocycles. The van der Waals surface area contributed by atoms with Gasteiger partial charge in [-0.2, -0.15) is 0 Å². The van der Waals surface area contributed by atoms with Crippen molar-refractivity contribution >= 4 is 29.1 Å². The Bertz CT molecular complexity index is 387. The summed E-state index contributed by atoms with van der Waals surface area (Å²) in [7, 11) is 0. The molecule has 15 heavy (non-hydrogen) atoms. The lowest BCUT2D eigenvalue weighted by molar-refractivity contribution is -0.116. The summed E-state index contributed by atoms with van der Waals surface area (Å²) in [6, 6.07) is 0. The van der Waals surface area contributed by atoms with E-state index in [1.807, 2.05) is 0 Å². The van der Waals surface area contributed by atoms with E-state index in [-0.39, 0.29) is 28.9 Å². The maximum Gasteiger partial charge on any atom is 0.258 e. The number of amides is 1. The second-order valence-corrected chi connectivity index (χ2v) is 3.17. The van der Waals surface area contributed by atoms with Crippen molar-refractivity contribution in [3.8, 4) is 0 Å². The van der Waals surface area contributed by atoms with Gasteiger partial charge in [-0.15, -0.1) is 0 Å². The van der Waals surface area contributed by atoms with Gasteiger partial charge < -0.3 is 11.1 Å². The molecule has 0 aliphatic rings. The second kappa shape index (κ2) is 4.70. The number of carbonyl (C=O) groups excluding carboxylic acids is 2. The Morgan fingerprint density at radius 3 is 2.73 bits per heavy atom. The third-order valence-electron chi connectivity index (χ3n) is 1.56. The fourth-order valence-electron chi connectivity index (χ4n) is 0.880. The first-order valence-electron chi connectivity index (χ1n) is 4.06. The molecular formula is C8H9ClN4O2. The van der Waals surface area contributed by atoms with Crippen LogP contribution in [0, 0.1) is 0 Å². The van der Waals surface area contributed by atoms with E-state index in [1.165, 1.54) is 6.92 Å². The highest BCUT2D eigenvalue weighted by atomic mass is 35.5. The maximum absolute atomic E-state index is 11.5. The van der Waals surface area contributed by atoms with E-state index in [1.54, 1.807) is 0 Å². The monoisotopic (exact) mass is 228 g/mol. The predicted molar refractivity (Wildman–Crippen MR) is 54.5 cm³/mol. The Balaban J connectivity index is 2.86. The summed E-state index contributed by atoms with van der Waals surface area (Å²) in [5, 5.41) is 2.31. The van der Waals surface area contributed by atoms with Crippen LogP contribution in [0.2, 0.25) is 5.15 Å². The Hall–Kier alpha value is -1.69. The van der Waals surface area contributed by atoms with Crippen LogP contribution < -0.4 is 11.1 Å². The van der Waals surface area contributed by atoms with E-state index in [0.717, 1.165) is 6.33 Å². The fraction of sp³-hybridized carbons (Fsp3) is 0.250. The Morgan fingerprint density at radius 2 is 2.20 bits per heavy atom. The van der Waals surface area contributed by atoms with Crippen LogP contribution in [0.25, 0.3) is 0 Å². The van der Waals surface area contributed by atoms with E-state index in [2.05, 4.69) is 15.3 Å². The zero-order valence-electron chi connectivity index (χ0n) is 7.95. The number of Topliss-reactive ketones (excluding diaryl/α,β-unsaturated/α-hetero) is 1. The molecule has 0 fully saturated rings. The van der Waals surface area contributed by atoms with Crippen LogP contribution in [0.4, 0.5) is 5.82 Å². The summed E-state index contributed by atoms with van der Waals surface area (Å²) in [6.45, 7) is 1.27. The average molecular weight is 229 g/mol. The number of halogens is 1. The van der Waals surface area contributed by atoms with Gasteiger partial charge in [-0.05, 0) is 6.92 Å². The topological polar surface area (TPSA) is 98.0 Å². The molecule has 7 heteroatoms. The first-order valence-corrected chi connectivity index (χ1v) is 4.43. The quantitative estimate of drug-likeness (QED) is 0.712. The minimum Gasteiger partial charge on any atom is -0.383 e. The lowest BCUT2D eigenvalue weighted by atomic mass is 10.3. The second-order valence-electron chi connectivity index (χ2n) is 2.81. The number of ketones is 1. The van der Waals surface area contributed by atoms with Gasteiger partial charge in [0.15, 0.2) is 0 Å². The molecule has 1 aromatic rings. The Kier molecular flexibility index (Phi) is 3.56. The van der Waals surface area contributed by atoms with Crippen LogP contribution in [0.5, 0.6) is 0 Å². The van der Waals surface area contributed by atoms with E-state index in [4.69, 9.17) is 17.3 Å². The summed E-state index contributed by atoms with van der Waals surface area (Å²) in [4.78, 5) is 29.4. The van der Waals surface area contributed by atoms with Crippen LogP contribution in [0.3, 0.4) is 0 Å². The summed E-state index contributed by atoms with van der Waals surface area (Å²) >= 11 is 5.66. The van der Waals surface area contributed by atoms with Gasteiger partial charge in [0, 0.05) is 0 Å². The molecule has 1 amide bonds. The van der Waals surface area contributed by atoms with E-state index < -0.39 is 5.91 Å². The van der Waals surface area contributed by atoms with Gasteiger partial charge in [0.25, 0.3) is 5.91 Å². The number of nitrogens with zero attached hydrogens (tertiary/aromatic N) is 2. The lowest BCUT2D eigenvalue weighted by Gasteiger charge is -2.05. The van der Waals surface area contributed by atoms with Crippen LogP contribution in [-0.2, 0) is 4.79 Å². The predicted octanol–water partition coefficient (Wildman–Crippen LogP) is 0.0310. The molecule has 0 saturated heterocycles. The van der Waals surface area contributed by atoms with Crippen LogP contribution in [0.15, 0.2) is 6.33 Å². The first-order chi connectivity index (χ1) is 7.02. The molecule has 0 bridgehead atoms. The van der Waals surface area contributed by atoms with Gasteiger partial charge in [0.1, 0.15) is 28.6 Å². The van der Waals surface area contributed by atoms with Crippen molar-refractivity contribution in [2.24, 2.45) is 0 Å². The van der Waals surface area contributed by atoms with Gasteiger partial charge in [-0.1, -0.05) is 11.6 Å². The van der Waals surface area contributed by atoms with Crippen LogP contribution >= 0.6 is 11.6 Å². The highest BCUT2D eigenvalue weighted by molar-refractivity contribution is 6.33. The standard InChI is InChI=1S/C8H9ClN4O2/c1-4(14)2-11-8(15)5-6(9)12-3-13-7(5)10/h3H,2H2,1H3,(H,11,15)(H2,10,12,13). The summed E-state index contributed by atoms with van der Waals surface area (Å²) in [6.07, 6.45) is 1.15. The third kappa shape index (κ3) is 2.88. The number of nitrogens with two attached hydrogens (primary N) is 1. The third-order valence-corrected chi connectivity index (χ3v) is 1.84. The first kappa shape index (κ1) is 11.4. The number of aromatic nitrogens is 2. The average Bonchev–Trinajstić information content (AvgIpc) is 2.14. The Morgan fingerprint density at radius 1 is 1.53 bits per heavy atom. The zero-order valence-corrected chi connectivity index (χ0v) is 8.71. The van der Waals surface area contributed by atoms with Gasteiger partial charge in [-0.25, -0.2) is 9.97 Å². The van der Waals surface area contributed by atoms with Gasteiger partial charge in [0.05, 0.1) is 6.54 Å². The van der Waals surface area contributed by atoms with Crippen molar-refractivity contribution < 1.29 is 9.59 Å². The Labute approximate surface area is 90.8 Å². The molecule has 3 N–H and O–H groups in total. The van der Waals surface area contributed by atoms with Gasteiger partial charge in [0.2, 0.25) is 0 Å². The number of nitrogens with one attached hydrogen (secondary N) is 1. The van der Waals surface area contributed by atoms with Crippen LogP contribution in [-0.4, -0.2) is 28.2 Å². The molecule has 0 spiro atoms. The number of rotatable bonds is 3. The fourth-order valence-corrected chi connectivity index (χ4v) is 1.11. The van der Waals surface area contributed by atoms with E-state index >= 15 is 0 Å². The molecular weight excluding hydrogens is 220 g/mol. The van der Waals surface area contributed by atoms with Crippen LogP contribution in [0.1, 0.15) is 17.3 Å². The smallest absolute Gasteiger partial charge is 0.258 e. The molecule has 1 aromatic heterocycles. The van der Waals surface area contributed by atoms with Crippen molar-refractivity contribution in [1.29, 1.82) is 0 Å². The molecule has 6 nitrogen and oxygen atoms in total. The van der Waals surface area contributed by atoms with E-state index in [9.17, 15) is 9.59 Å². The van der Waals surface area contributed by atoms with Crippen molar-refractivity contribution in [2.75, 3.05) is 12.3 Å². The highest BCUT2D eigenvalue weighted by Crippen LogP contribution is 2.16. The zero-order chi connectivity index (χ0) is 11.4. The maximum atomic E-state index is 11.5. The molecule has 0 atom stereocenters. The number of hydrogen-bond acceptors (Lipinski definition) is 5. The van der Waals surface area contributed by atoms with Crippen molar-refractivity contribution in [2.45, 2.75) is 6.92 Å². The van der Waals surface area contributed by atoms with E-state index in [0.29, 0.717) is 0 Å². The van der Waals surface area contributed by atoms with Crippen molar-refractivity contribution in [3.05, 3.63) is 17.0 Å². The number of hydrogen-bond donors (Lipinski definition) is 2. The molecule has 80 valence electrons. The largest absolute Gasteiger partial charge is 0.383 e. The van der Waals surface area contributed by atoms with Gasteiger partial charge in [-0.3, -0.25) is 9.59 Å².